The molecule has 5 heteroatoms. The van der Waals surface area contributed by atoms with Gasteiger partial charge in [-0.25, -0.2) is 4.39 Å². The number of hydrogen-bond acceptors (Lipinski definition) is 2. The first-order chi connectivity index (χ1) is 10.1. The topological polar surface area (TPSA) is 24.9 Å². The van der Waals surface area contributed by atoms with Crippen LogP contribution >= 0.6 is 27.5 Å². The van der Waals surface area contributed by atoms with Crippen molar-refractivity contribution in [2.75, 3.05) is 6.54 Å². The van der Waals surface area contributed by atoms with Gasteiger partial charge in [0.15, 0.2) is 0 Å². The number of halogens is 3. The molecule has 112 valence electrons. The van der Waals surface area contributed by atoms with Crippen LogP contribution in [0.15, 0.2) is 35.1 Å². The van der Waals surface area contributed by atoms with E-state index in [0.29, 0.717) is 10.0 Å². The molecule has 0 fully saturated rings. The van der Waals surface area contributed by atoms with Gasteiger partial charge in [-0.2, -0.15) is 0 Å². The van der Waals surface area contributed by atoms with Crippen LogP contribution in [0.25, 0.3) is 0 Å². The van der Waals surface area contributed by atoms with E-state index in [9.17, 15) is 4.39 Å². The molecule has 0 aliphatic carbocycles. The van der Waals surface area contributed by atoms with Gasteiger partial charge in [0.1, 0.15) is 5.82 Å². The second-order valence-corrected chi connectivity index (χ2v) is 6.12. The van der Waals surface area contributed by atoms with Gasteiger partial charge in [0.05, 0.1) is 11.1 Å². The van der Waals surface area contributed by atoms with Crippen molar-refractivity contribution < 1.29 is 4.39 Å². The number of pyridine rings is 1. The van der Waals surface area contributed by atoms with E-state index >= 15 is 0 Å². The van der Waals surface area contributed by atoms with Crippen LogP contribution in [0, 0.1) is 12.7 Å². The van der Waals surface area contributed by atoms with Crippen LogP contribution in [-0.4, -0.2) is 11.5 Å². The van der Waals surface area contributed by atoms with Crippen molar-refractivity contribution in [1.82, 2.24) is 10.3 Å². The molecule has 2 aromatic rings. The van der Waals surface area contributed by atoms with E-state index in [-0.39, 0.29) is 11.1 Å². The third kappa shape index (κ3) is 3.62. The molecule has 1 N–H and O–H groups in total. The molecular weight excluding hydrogens is 355 g/mol. The smallest absolute Gasteiger partial charge is 0.148 e. The van der Waals surface area contributed by atoms with Crippen LogP contribution in [0.5, 0.6) is 0 Å². The Morgan fingerprint density at radius 3 is 2.76 bits per heavy atom. The van der Waals surface area contributed by atoms with Gasteiger partial charge in [-0.3, -0.25) is 4.98 Å². The van der Waals surface area contributed by atoms with Crippen LogP contribution < -0.4 is 5.32 Å². The van der Waals surface area contributed by atoms with Crippen molar-refractivity contribution in [3.05, 3.63) is 62.6 Å². The standard InChI is InChI=1S/C16H17BrClFN2/c1-3-7-21-16(12-9-20-8-6-10(12)2)11-4-5-13(17)14(18)15(11)19/h4-6,8-9,16,21H,3,7H2,1-2H3. The minimum Gasteiger partial charge on any atom is -0.306 e. The molecule has 21 heavy (non-hydrogen) atoms. The van der Waals surface area contributed by atoms with E-state index in [2.05, 4.69) is 33.2 Å². The highest BCUT2D eigenvalue weighted by atomic mass is 79.9. The molecule has 2 nitrogen and oxygen atoms in total. The summed E-state index contributed by atoms with van der Waals surface area (Å²) in [5.41, 5.74) is 2.56. The van der Waals surface area contributed by atoms with E-state index in [1.165, 1.54) is 0 Å². The lowest BCUT2D eigenvalue weighted by molar-refractivity contribution is 0.544. The Morgan fingerprint density at radius 1 is 1.33 bits per heavy atom. The SMILES string of the molecule is CCCNC(c1cnccc1C)c1ccc(Br)c(Cl)c1F. The van der Waals surface area contributed by atoms with E-state index in [1.54, 1.807) is 24.5 Å². The van der Waals surface area contributed by atoms with E-state index in [4.69, 9.17) is 11.6 Å². The van der Waals surface area contributed by atoms with E-state index in [0.717, 1.165) is 24.1 Å². The molecule has 1 aromatic heterocycles. The monoisotopic (exact) mass is 370 g/mol. The van der Waals surface area contributed by atoms with Crippen molar-refractivity contribution in [1.29, 1.82) is 0 Å². The fourth-order valence-corrected chi connectivity index (χ4v) is 2.70. The molecule has 0 spiro atoms. The molecule has 0 saturated heterocycles. The highest BCUT2D eigenvalue weighted by Gasteiger charge is 2.21. The number of rotatable bonds is 5. The molecular formula is C16H17BrClFN2. The fourth-order valence-electron chi connectivity index (χ4n) is 2.22. The van der Waals surface area contributed by atoms with Crippen molar-refractivity contribution in [2.45, 2.75) is 26.3 Å². The summed E-state index contributed by atoms with van der Waals surface area (Å²) in [5.74, 6) is -0.400. The molecule has 1 atom stereocenters. The number of hydrogen-bond donors (Lipinski definition) is 1. The third-order valence-corrected chi connectivity index (χ3v) is 4.62. The maximum atomic E-state index is 14.5. The molecule has 1 aromatic carbocycles. The third-order valence-electron chi connectivity index (χ3n) is 3.37. The normalized spacial score (nSPS) is 12.4. The molecule has 1 heterocycles. The molecule has 0 aliphatic rings. The Kier molecular flexibility index (Phi) is 5.73. The lowest BCUT2D eigenvalue weighted by atomic mass is 9.96. The Hall–Kier alpha value is -0.970. The highest BCUT2D eigenvalue weighted by molar-refractivity contribution is 9.10. The summed E-state index contributed by atoms with van der Waals surface area (Å²) in [6, 6.07) is 5.19. The van der Waals surface area contributed by atoms with Gasteiger partial charge in [0.2, 0.25) is 0 Å². The number of nitrogens with zero attached hydrogens (tertiary/aromatic N) is 1. The zero-order valence-electron chi connectivity index (χ0n) is 12.0. The number of nitrogens with one attached hydrogen (secondary N) is 1. The lowest BCUT2D eigenvalue weighted by Crippen LogP contribution is -2.25. The second-order valence-electron chi connectivity index (χ2n) is 4.88. The minimum absolute atomic E-state index is 0.109. The van der Waals surface area contributed by atoms with Crippen LogP contribution in [0.1, 0.15) is 36.1 Å². The van der Waals surface area contributed by atoms with Crippen molar-refractivity contribution in [3.8, 4) is 0 Å². The minimum atomic E-state index is -0.400. The largest absolute Gasteiger partial charge is 0.306 e. The van der Waals surface area contributed by atoms with Crippen molar-refractivity contribution >= 4 is 27.5 Å². The number of aryl methyl sites for hydroxylation is 1. The van der Waals surface area contributed by atoms with Gasteiger partial charge in [-0.15, -0.1) is 0 Å². The highest BCUT2D eigenvalue weighted by Crippen LogP contribution is 2.33. The van der Waals surface area contributed by atoms with E-state index in [1.807, 2.05) is 13.0 Å². The van der Waals surface area contributed by atoms with Gasteiger partial charge in [0.25, 0.3) is 0 Å². The zero-order valence-corrected chi connectivity index (χ0v) is 14.3. The molecule has 0 aliphatic heterocycles. The predicted octanol–water partition coefficient (Wildman–Crippen LogP) is 5.03. The summed E-state index contributed by atoms with van der Waals surface area (Å²) >= 11 is 9.27. The number of aromatic nitrogens is 1. The van der Waals surface area contributed by atoms with E-state index < -0.39 is 5.82 Å². The van der Waals surface area contributed by atoms with Gasteiger partial charge < -0.3 is 5.32 Å². The zero-order chi connectivity index (χ0) is 15.4. The average molecular weight is 372 g/mol. The Balaban J connectivity index is 2.51. The summed E-state index contributed by atoms with van der Waals surface area (Å²) in [6.07, 6.45) is 4.47. The maximum Gasteiger partial charge on any atom is 0.148 e. The fraction of sp³-hybridized carbons (Fsp3) is 0.312. The summed E-state index contributed by atoms with van der Waals surface area (Å²) in [4.78, 5) is 4.16. The first-order valence-electron chi connectivity index (χ1n) is 6.83. The number of benzene rings is 1. The van der Waals surface area contributed by atoms with Crippen molar-refractivity contribution in [3.63, 3.8) is 0 Å². The van der Waals surface area contributed by atoms with Crippen LogP contribution in [0.4, 0.5) is 4.39 Å². The molecule has 0 amide bonds. The summed E-state index contributed by atoms with van der Waals surface area (Å²) in [7, 11) is 0. The van der Waals surface area contributed by atoms with Crippen LogP contribution in [0.3, 0.4) is 0 Å². The summed E-state index contributed by atoms with van der Waals surface area (Å²) < 4.78 is 15.1. The van der Waals surface area contributed by atoms with Gasteiger partial charge in [-0.1, -0.05) is 24.6 Å². The summed E-state index contributed by atoms with van der Waals surface area (Å²) in [6.45, 7) is 4.85. The Bertz CT molecular complexity index is 634. The molecule has 0 saturated carbocycles. The first-order valence-corrected chi connectivity index (χ1v) is 8.00. The van der Waals surface area contributed by atoms with Crippen LogP contribution in [0.2, 0.25) is 5.02 Å². The average Bonchev–Trinajstić information content (AvgIpc) is 2.48. The molecule has 2 rings (SSSR count). The molecule has 0 radical (unpaired) electrons. The maximum absolute atomic E-state index is 14.5. The molecule has 0 bridgehead atoms. The summed E-state index contributed by atoms with van der Waals surface area (Å²) in [5, 5.41) is 3.49. The van der Waals surface area contributed by atoms with Gasteiger partial charge >= 0.3 is 0 Å². The quantitative estimate of drug-likeness (QED) is 0.745. The van der Waals surface area contributed by atoms with Crippen LogP contribution in [-0.2, 0) is 0 Å². The van der Waals surface area contributed by atoms with Gasteiger partial charge in [0, 0.05) is 22.4 Å². The Morgan fingerprint density at radius 2 is 2.10 bits per heavy atom. The lowest BCUT2D eigenvalue weighted by Gasteiger charge is -2.22. The molecule has 1 unspecified atom stereocenters. The second kappa shape index (κ2) is 7.34. The first kappa shape index (κ1) is 16.4. The predicted molar refractivity (Wildman–Crippen MR) is 88.2 cm³/mol. The van der Waals surface area contributed by atoms with Gasteiger partial charge in [-0.05, 0) is 59.1 Å². The Labute approximate surface area is 137 Å². The van der Waals surface area contributed by atoms with Crippen molar-refractivity contribution in [2.24, 2.45) is 0 Å².